The first-order valence-electron chi connectivity index (χ1n) is 9.51. The molecule has 0 bridgehead atoms. The van der Waals surface area contributed by atoms with E-state index in [0.717, 1.165) is 43.2 Å². The third kappa shape index (κ3) is 5.48. The Morgan fingerprint density at radius 3 is 2.77 bits per heavy atom. The first kappa shape index (κ1) is 18.7. The SMILES string of the molecule is CCOc1cc(CNC[C@H]2CCCO2)ccc1OCc1cccc(C)c1. The van der Waals surface area contributed by atoms with Crippen molar-refractivity contribution >= 4 is 0 Å². The lowest BCUT2D eigenvalue weighted by atomic mass is 10.1. The van der Waals surface area contributed by atoms with Crippen LogP contribution in [0.3, 0.4) is 0 Å². The standard InChI is InChI=1S/C22H29NO3/c1-3-24-22-13-18(14-23-15-20-8-5-11-25-20)9-10-21(22)26-16-19-7-4-6-17(2)12-19/h4,6-7,9-10,12-13,20,23H,3,5,8,11,14-16H2,1-2H3/t20-/m1/s1. The lowest BCUT2D eigenvalue weighted by Gasteiger charge is -2.15. The van der Waals surface area contributed by atoms with E-state index in [1.165, 1.54) is 17.5 Å². The molecule has 0 saturated carbocycles. The van der Waals surface area contributed by atoms with Crippen LogP contribution in [0, 0.1) is 6.92 Å². The summed E-state index contributed by atoms with van der Waals surface area (Å²) in [5.41, 5.74) is 3.59. The molecule has 3 rings (SSSR count). The van der Waals surface area contributed by atoms with E-state index in [9.17, 15) is 0 Å². The first-order chi connectivity index (χ1) is 12.7. The van der Waals surface area contributed by atoms with Crippen LogP contribution in [0.1, 0.15) is 36.5 Å². The van der Waals surface area contributed by atoms with Crippen LogP contribution in [0.4, 0.5) is 0 Å². The van der Waals surface area contributed by atoms with E-state index in [4.69, 9.17) is 14.2 Å². The molecule has 0 radical (unpaired) electrons. The molecule has 1 atom stereocenters. The van der Waals surface area contributed by atoms with Gasteiger partial charge in [0.1, 0.15) is 6.61 Å². The molecular weight excluding hydrogens is 326 g/mol. The maximum absolute atomic E-state index is 6.01. The molecule has 0 aromatic heterocycles. The van der Waals surface area contributed by atoms with Gasteiger partial charge in [-0.15, -0.1) is 0 Å². The Morgan fingerprint density at radius 1 is 1.08 bits per heavy atom. The van der Waals surface area contributed by atoms with Gasteiger partial charge >= 0.3 is 0 Å². The zero-order valence-corrected chi connectivity index (χ0v) is 15.8. The molecule has 1 heterocycles. The van der Waals surface area contributed by atoms with Crippen LogP contribution in [0.15, 0.2) is 42.5 Å². The average Bonchev–Trinajstić information content (AvgIpc) is 3.15. The molecule has 140 valence electrons. The number of aryl methyl sites for hydroxylation is 1. The average molecular weight is 355 g/mol. The molecular formula is C22H29NO3. The molecule has 26 heavy (non-hydrogen) atoms. The highest BCUT2D eigenvalue weighted by Crippen LogP contribution is 2.29. The third-order valence-electron chi connectivity index (χ3n) is 4.51. The molecule has 0 spiro atoms. The number of rotatable bonds is 9. The van der Waals surface area contributed by atoms with E-state index in [2.05, 4.69) is 48.6 Å². The van der Waals surface area contributed by atoms with Crippen molar-refractivity contribution in [2.24, 2.45) is 0 Å². The van der Waals surface area contributed by atoms with Gasteiger partial charge in [0.15, 0.2) is 11.5 Å². The summed E-state index contributed by atoms with van der Waals surface area (Å²) in [6, 6.07) is 14.5. The summed E-state index contributed by atoms with van der Waals surface area (Å²) >= 11 is 0. The summed E-state index contributed by atoms with van der Waals surface area (Å²) in [5.74, 6) is 1.59. The van der Waals surface area contributed by atoms with Gasteiger partial charge in [-0.05, 0) is 49.9 Å². The highest BCUT2D eigenvalue weighted by molar-refractivity contribution is 5.43. The maximum Gasteiger partial charge on any atom is 0.161 e. The second kappa shape index (κ2) is 9.60. The minimum absolute atomic E-state index is 0.360. The smallest absolute Gasteiger partial charge is 0.161 e. The predicted molar refractivity (Wildman–Crippen MR) is 104 cm³/mol. The monoisotopic (exact) mass is 355 g/mol. The van der Waals surface area contributed by atoms with Crippen molar-refractivity contribution in [3.8, 4) is 11.5 Å². The van der Waals surface area contributed by atoms with Gasteiger partial charge in [0.25, 0.3) is 0 Å². The van der Waals surface area contributed by atoms with Crippen LogP contribution >= 0.6 is 0 Å². The van der Waals surface area contributed by atoms with E-state index in [1.54, 1.807) is 0 Å². The van der Waals surface area contributed by atoms with E-state index in [0.29, 0.717) is 19.3 Å². The van der Waals surface area contributed by atoms with Crippen molar-refractivity contribution < 1.29 is 14.2 Å². The third-order valence-corrected chi connectivity index (χ3v) is 4.51. The van der Waals surface area contributed by atoms with Gasteiger partial charge in [0.05, 0.1) is 12.7 Å². The minimum Gasteiger partial charge on any atom is -0.490 e. The summed E-state index contributed by atoms with van der Waals surface area (Å²) in [4.78, 5) is 0. The lowest BCUT2D eigenvalue weighted by molar-refractivity contribution is 0.110. The predicted octanol–water partition coefficient (Wildman–Crippen LogP) is 4.24. The van der Waals surface area contributed by atoms with Gasteiger partial charge in [-0.2, -0.15) is 0 Å². The summed E-state index contributed by atoms with van der Waals surface area (Å²) in [7, 11) is 0. The normalized spacial score (nSPS) is 16.6. The largest absolute Gasteiger partial charge is 0.490 e. The molecule has 1 fully saturated rings. The Bertz CT molecular complexity index is 696. The molecule has 1 N–H and O–H groups in total. The second-order valence-corrected chi connectivity index (χ2v) is 6.76. The van der Waals surface area contributed by atoms with Crippen LogP contribution in [0.5, 0.6) is 11.5 Å². The molecule has 0 aliphatic carbocycles. The van der Waals surface area contributed by atoms with Gasteiger partial charge < -0.3 is 19.5 Å². The Balaban J connectivity index is 1.58. The fourth-order valence-corrected chi connectivity index (χ4v) is 3.20. The molecule has 4 nitrogen and oxygen atoms in total. The summed E-state index contributed by atoms with van der Waals surface area (Å²) in [5, 5.41) is 3.48. The highest BCUT2D eigenvalue weighted by Gasteiger charge is 2.14. The van der Waals surface area contributed by atoms with Gasteiger partial charge in [0, 0.05) is 19.7 Å². The van der Waals surface area contributed by atoms with Crippen molar-refractivity contribution in [1.29, 1.82) is 0 Å². The van der Waals surface area contributed by atoms with Crippen LogP contribution in [0.25, 0.3) is 0 Å². The molecule has 2 aromatic rings. The molecule has 4 heteroatoms. The second-order valence-electron chi connectivity index (χ2n) is 6.76. The van der Waals surface area contributed by atoms with E-state index in [1.807, 2.05) is 13.0 Å². The van der Waals surface area contributed by atoms with Crippen molar-refractivity contribution in [2.45, 2.75) is 45.9 Å². The van der Waals surface area contributed by atoms with Gasteiger partial charge in [-0.3, -0.25) is 0 Å². The summed E-state index contributed by atoms with van der Waals surface area (Å²) < 4.78 is 17.4. The molecule has 1 aliphatic rings. The van der Waals surface area contributed by atoms with E-state index >= 15 is 0 Å². The van der Waals surface area contributed by atoms with E-state index < -0.39 is 0 Å². The van der Waals surface area contributed by atoms with Crippen molar-refractivity contribution in [3.05, 3.63) is 59.2 Å². The Labute approximate surface area is 156 Å². The maximum atomic E-state index is 6.01. The van der Waals surface area contributed by atoms with E-state index in [-0.39, 0.29) is 0 Å². The minimum atomic E-state index is 0.360. The highest BCUT2D eigenvalue weighted by atomic mass is 16.5. The lowest BCUT2D eigenvalue weighted by Crippen LogP contribution is -2.25. The number of hydrogen-bond donors (Lipinski definition) is 1. The number of hydrogen-bond acceptors (Lipinski definition) is 4. The Morgan fingerprint density at radius 2 is 2.00 bits per heavy atom. The topological polar surface area (TPSA) is 39.7 Å². The Hall–Kier alpha value is -2.04. The van der Waals surface area contributed by atoms with Gasteiger partial charge in [-0.1, -0.05) is 35.9 Å². The number of nitrogens with one attached hydrogen (secondary N) is 1. The van der Waals surface area contributed by atoms with Crippen LogP contribution in [-0.4, -0.2) is 25.9 Å². The van der Waals surface area contributed by atoms with Gasteiger partial charge in [0.2, 0.25) is 0 Å². The van der Waals surface area contributed by atoms with Crippen molar-refractivity contribution in [2.75, 3.05) is 19.8 Å². The number of benzene rings is 2. The van der Waals surface area contributed by atoms with Crippen LogP contribution in [0.2, 0.25) is 0 Å². The summed E-state index contributed by atoms with van der Waals surface area (Å²) in [6.07, 6.45) is 2.69. The molecule has 1 saturated heterocycles. The number of ether oxygens (including phenoxy) is 3. The fourth-order valence-electron chi connectivity index (χ4n) is 3.20. The van der Waals surface area contributed by atoms with Gasteiger partial charge in [-0.25, -0.2) is 0 Å². The Kier molecular flexibility index (Phi) is 6.92. The zero-order valence-electron chi connectivity index (χ0n) is 15.8. The van der Waals surface area contributed by atoms with Crippen LogP contribution in [-0.2, 0) is 17.9 Å². The van der Waals surface area contributed by atoms with Crippen molar-refractivity contribution in [3.63, 3.8) is 0 Å². The molecule has 1 aliphatic heterocycles. The van der Waals surface area contributed by atoms with Crippen LogP contribution < -0.4 is 14.8 Å². The fraction of sp³-hybridized carbons (Fsp3) is 0.455. The summed E-state index contributed by atoms with van der Waals surface area (Å²) in [6.45, 7) is 7.84. The quantitative estimate of drug-likeness (QED) is 0.730. The first-order valence-corrected chi connectivity index (χ1v) is 9.51. The molecule has 2 aromatic carbocycles. The zero-order chi connectivity index (χ0) is 18.2. The molecule has 0 amide bonds. The molecule has 0 unspecified atom stereocenters. The van der Waals surface area contributed by atoms with Crippen molar-refractivity contribution in [1.82, 2.24) is 5.32 Å².